The van der Waals surface area contributed by atoms with Gasteiger partial charge < -0.3 is 5.73 Å². The normalized spacial score (nSPS) is 22.2. The molecule has 0 aromatic rings. The number of imide groups is 1. The molecule has 1 aliphatic heterocycles. The summed E-state index contributed by atoms with van der Waals surface area (Å²) in [5.41, 5.74) is 4.84. The molecule has 1 atom stereocenters. The fourth-order valence-electron chi connectivity index (χ4n) is 3.29. The molecule has 19 heavy (non-hydrogen) atoms. The van der Waals surface area contributed by atoms with Crippen LogP contribution in [-0.2, 0) is 9.59 Å². The number of rotatable bonds is 6. The van der Waals surface area contributed by atoms with Crippen LogP contribution in [0.1, 0.15) is 60.3 Å². The van der Waals surface area contributed by atoms with Gasteiger partial charge in [-0.3, -0.25) is 14.5 Å². The summed E-state index contributed by atoms with van der Waals surface area (Å²) < 4.78 is 0. The molecule has 1 saturated heterocycles. The van der Waals surface area contributed by atoms with Crippen LogP contribution in [0.4, 0.5) is 0 Å². The van der Waals surface area contributed by atoms with E-state index in [1.165, 1.54) is 4.90 Å². The first-order valence-corrected chi connectivity index (χ1v) is 7.34. The smallest absolute Gasteiger partial charge is 0.236 e. The molecular formula is C15H28N2O2. The second-order valence-corrected chi connectivity index (χ2v) is 6.50. The highest BCUT2D eigenvalue weighted by atomic mass is 16.2. The summed E-state index contributed by atoms with van der Waals surface area (Å²) in [5.74, 6) is 0.325. The number of nitrogens with zero attached hydrogens (tertiary/aromatic N) is 1. The second-order valence-electron chi connectivity index (χ2n) is 6.50. The van der Waals surface area contributed by atoms with Gasteiger partial charge in [0.2, 0.25) is 11.8 Å². The zero-order chi connectivity index (χ0) is 14.8. The van der Waals surface area contributed by atoms with Gasteiger partial charge in [-0.05, 0) is 32.1 Å². The van der Waals surface area contributed by atoms with E-state index < -0.39 is 11.0 Å². The molecule has 0 saturated carbocycles. The fourth-order valence-corrected chi connectivity index (χ4v) is 3.29. The Morgan fingerprint density at radius 3 is 2.16 bits per heavy atom. The van der Waals surface area contributed by atoms with E-state index in [2.05, 4.69) is 13.8 Å². The van der Waals surface area contributed by atoms with Crippen molar-refractivity contribution < 1.29 is 9.59 Å². The van der Waals surface area contributed by atoms with Crippen LogP contribution in [0, 0.1) is 11.3 Å². The fraction of sp³-hybridized carbons (Fsp3) is 0.867. The molecule has 0 radical (unpaired) electrons. The Morgan fingerprint density at radius 1 is 1.32 bits per heavy atom. The van der Waals surface area contributed by atoms with Crippen molar-refractivity contribution in [2.75, 3.05) is 6.54 Å². The third kappa shape index (κ3) is 2.69. The van der Waals surface area contributed by atoms with Crippen molar-refractivity contribution in [1.29, 1.82) is 0 Å². The van der Waals surface area contributed by atoms with E-state index in [1.54, 1.807) is 0 Å². The van der Waals surface area contributed by atoms with Crippen LogP contribution in [0.25, 0.3) is 0 Å². The van der Waals surface area contributed by atoms with Crippen molar-refractivity contribution in [2.45, 2.75) is 65.8 Å². The summed E-state index contributed by atoms with van der Waals surface area (Å²) in [5, 5.41) is 0. The van der Waals surface area contributed by atoms with Gasteiger partial charge in [-0.2, -0.15) is 0 Å². The molecule has 1 aliphatic rings. The minimum Gasteiger partial charge on any atom is -0.328 e. The summed E-state index contributed by atoms with van der Waals surface area (Å²) in [6.45, 7) is 10.4. The van der Waals surface area contributed by atoms with Crippen molar-refractivity contribution in [1.82, 2.24) is 4.90 Å². The third-order valence-electron chi connectivity index (χ3n) is 4.58. The number of hydrogen-bond acceptors (Lipinski definition) is 3. The van der Waals surface area contributed by atoms with Gasteiger partial charge in [0.1, 0.15) is 0 Å². The monoisotopic (exact) mass is 268 g/mol. The van der Waals surface area contributed by atoms with Gasteiger partial charge in [0.05, 0.1) is 11.0 Å². The van der Waals surface area contributed by atoms with Crippen LogP contribution in [-0.4, -0.2) is 28.8 Å². The quantitative estimate of drug-likeness (QED) is 0.752. The van der Waals surface area contributed by atoms with Gasteiger partial charge in [0.15, 0.2) is 0 Å². The molecule has 0 aliphatic carbocycles. The highest BCUT2D eigenvalue weighted by molar-refractivity contribution is 6.06. The van der Waals surface area contributed by atoms with E-state index >= 15 is 0 Å². The molecule has 4 heteroatoms. The third-order valence-corrected chi connectivity index (χ3v) is 4.58. The van der Waals surface area contributed by atoms with Crippen LogP contribution in [0.15, 0.2) is 0 Å². The molecule has 0 aromatic carbocycles. The summed E-state index contributed by atoms with van der Waals surface area (Å²) in [7, 11) is 0. The van der Waals surface area contributed by atoms with Crippen molar-refractivity contribution in [3.63, 3.8) is 0 Å². The predicted molar refractivity (Wildman–Crippen MR) is 76.4 cm³/mol. The molecule has 4 nitrogen and oxygen atoms in total. The van der Waals surface area contributed by atoms with Gasteiger partial charge in [-0.1, -0.05) is 27.7 Å². The van der Waals surface area contributed by atoms with E-state index in [-0.39, 0.29) is 11.8 Å². The maximum Gasteiger partial charge on any atom is 0.236 e. The average Bonchev–Trinajstić information content (AvgIpc) is 2.60. The molecule has 110 valence electrons. The first kappa shape index (κ1) is 16.2. The van der Waals surface area contributed by atoms with Crippen molar-refractivity contribution in [3.8, 4) is 0 Å². The maximum atomic E-state index is 12.7. The zero-order valence-corrected chi connectivity index (χ0v) is 13.0. The first-order chi connectivity index (χ1) is 8.76. The highest BCUT2D eigenvalue weighted by Crippen LogP contribution is 2.43. The molecule has 0 bridgehead atoms. The number of nitrogens with two attached hydrogens (primary N) is 1. The number of hydrogen-bond donors (Lipinski definition) is 1. The van der Waals surface area contributed by atoms with Crippen LogP contribution in [0.5, 0.6) is 0 Å². The van der Waals surface area contributed by atoms with E-state index in [9.17, 15) is 9.59 Å². The molecule has 2 N–H and O–H groups in total. The van der Waals surface area contributed by atoms with E-state index in [0.717, 1.165) is 6.42 Å². The van der Waals surface area contributed by atoms with E-state index in [1.807, 2.05) is 20.8 Å². The molecule has 0 aromatic heterocycles. The molecule has 1 unspecified atom stereocenters. The van der Waals surface area contributed by atoms with Crippen LogP contribution in [0.2, 0.25) is 0 Å². The SMILES string of the molecule is CCC1(CC)CC(=O)N(C(C)(CN)CC(C)C)C1=O. The predicted octanol–water partition coefficient (Wildman–Crippen LogP) is 2.32. The number of likely N-dealkylation sites (tertiary alicyclic amines) is 1. The summed E-state index contributed by atoms with van der Waals surface area (Å²) in [4.78, 5) is 26.6. The van der Waals surface area contributed by atoms with Gasteiger partial charge in [-0.15, -0.1) is 0 Å². The van der Waals surface area contributed by atoms with Crippen LogP contribution < -0.4 is 5.73 Å². The average molecular weight is 268 g/mol. The Balaban J connectivity index is 3.12. The van der Waals surface area contributed by atoms with Gasteiger partial charge >= 0.3 is 0 Å². The largest absolute Gasteiger partial charge is 0.328 e. The number of carbonyl (C=O) groups is 2. The lowest BCUT2D eigenvalue weighted by atomic mass is 9.80. The molecule has 2 amide bonds. The van der Waals surface area contributed by atoms with Gasteiger partial charge in [-0.25, -0.2) is 0 Å². The van der Waals surface area contributed by atoms with Crippen LogP contribution in [0.3, 0.4) is 0 Å². The lowest BCUT2D eigenvalue weighted by molar-refractivity contribution is -0.148. The Morgan fingerprint density at radius 2 is 1.84 bits per heavy atom. The van der Waals surface area contributed by atoms with Crippen molar-refractivity contribution >= 4 is 11.8 Å². The first-order valence-electron chi connectivity index (χ1n) is 7.34. The summed E-state index contributed by atoms with van der Waals surface area (Å²) >= 11 is 0. The number of amides is 2. The Labute approximate surface area is 116 Å². The molecule has 1 fully saturated rings. The van der Waals surface area contributed by atoms with Crippen LogP contribution >= 0.6 is 0 Å². The molecule has 0 spiro atoms. The van der Waals surface area contributed by atoms with E-state index in [0.29, 0.717) is 31.7 Å². The summed E-state index contributed by atoms with van der Waals surface area (Å²) in [6, 6.07) is 0. The van der Waals surface area contributed by atoms with Gasteiger partial charge in [0.25, 0.3) is 0 Å². The molecule has 1 heterocycles. The summed E-state index contributed by atoms with van der Waals surface area (Å²) in [6.07, 6.45) is 2.52. The Bertz CT molecular complexity index is 361. The second kappa shape index (κ2) is 5.61. The maximum absolute atomic E-state index is 12.7. The van der Waals surface area contributed by atoms with Gasteiger partial charge in [0, 0.05) is 13.0 Å². The zero-order valence-electron chi connectivity index (χ0n) is 13.0. The lowest BCUT2D eigenvalue weighted by Gasteiger charge is -2.39. The topological polar surface area (TPSA) is 63.4 Å². The lowest BCUT2D eigenvalue weighted by Crippen LogP contribution is -2.56. The van der Waals surface area contributed by atoms with E-state index in [4.69, 9.17) is 5.73 Å². The molecule has 1 rings (SSSR count). The Kier molecular flexibility index (Phi) is 4.77. The minimum absolute atomic E-state index is 0.0175. The standard InChI is InChI=1S/C15H28N2O2/c1-6-15(7-2)9-12(18)17(13(15)19)14(5,10-16)8-11(3)4/h11H,6-10,16H2,1-5H3. The Hall–Kier alpha value is -0.900. The van der Waals surface area contributed by atoms with Crippen molar-refractivity contribution in [2.24, 2.45) is 17.1 Å². The minimum atomic E-state index is -0.547. The highest BCUT2D eigenvalue weighted by Gasteiger charge is 2.54. The molecular weight excluding hydrogens is 240 g/mol. The van der Waals surface area contributed by atoms with Crippen molar-refractivity contribution in [3.05, 3.63) is 0 Å². The number of carbonyl (C=O) groups excluding carboxylic acids is 2.